The van der Waals surface area contributed by atoms with E-state index in [2.05, 4.69) is 0 Å². The number of rotatable bonds is 8. The Morgan fingerprint density at radius 2 is 1.62 bits per heavy atom. The van der Waals surface area contributed by atoms with Gasteiger partial charge in [-0.3, -0.25) is 0 Å². The molecule has 0 saturated carbocycles. The van der Waals surface area contributed by atoms with Gasteiger partial charge >= 0.3 is 5.97 Å². The van der Waals surface area contributed by atoms with E-state index in [0.717, 1.165) is 0 Å². The first-order valence-electron chi connectivity index (χ1n) is 7.50. The van der Waals surface area contributed by atoms with E-state index in [1.807, 2.05) is 0 Å². The lowest BCUT2D eigenvalue weighted by molar-refractivity contribution is 0.0450. The second-order valence-corrected chi connectivity index (χ2v) is 6.63. The Hall–Kier alpha value is -2.78. The Kier molecular flexibility index (Phi) is 6.42. The molecule has 2 aromatic rings. The number of esters is 1. The zero-order valence-corrected chi connectivity index (χ0v) is 15.1. The van der Waals surface area contributed by atoms with E-state index in [-0.39, 0.29) is 18.1 Å². The van der Waals surface area contributed by atoms with Crippen molar-refractivity contribution >= 4 is 16.0 Å². The summed E-state index contributed by atoms with van der Waals surface area (Å²) in [5.74, 6) is 0.835. The van der Waals surface area contributed by atoms with Gasteiger partial charge in [-0.25, -0.2) is 18.4 Å². The molecule has 0 atom stereocenters. The molecule has 0 aliphatic carbocycles. The first-order valence-corrected chi connectivity index (χ1v) is 9.04. The molecule has 0 spiro atoms. The monoisotopic (exact) mass is 381 g/mol. The van der Waals surface area contributed by atoms with E-state index in [1.54, 1.807) is 12.1 Å². The van der Waals surface area contributed by atoms with Gasteiger partial charge in [0.05, 0.1) is 24.7 Å². The standard InChI is InChI=1S/C17H19NO7S/c1-22-15-8-3-12(11-16(15)23-2)17(19)25-10-9-24-13-4-6-14(7-5-13)26(18,20)21/h3-8,11H,9-10H2,1-2H3,(H2,18,20,21). The van der Waals surface area contributed by atoms with Crippen molar-refractivity contribution in [1.29, 1.82) is 0 Å². The van der Waals surface area contributed by atoms with Crippen LogP contribution in [0.1, 0.15) is 10.4 Å². The average molecular weight is 381 g/mol. The van der Waals surface area contributed by atoms with Gasteiger partial charge in [0.25, 0.3) is 0 Å². The fourth-order valence-electron chi connectivity index (χ4n) is 2.07. The van der Waals surface area contributed by atoms with Crippen molar-refractivity contribution in [3.63, 3.8) is 0 Å². The number of carbonyl (C=O) groups excluding carboxylic acids is 1. The molecule has 140 valence electrons. The maximum Gasteiger partial charge on any atom is 0.338 e. The van der Waals surface area contributed by atoms with Crippen LogP contribution in [-0.2, 0) is 14.8 Å². The number of sulfonamides is 1. The first kappa shape index (κ1) is 19.5. The van der Waals surface area contributed by atoms with Crippen molar-refractivity contribution in [1.82, 2.24) is 0 Å². The van der Waals surface area contributed by atoms with Crippen LogP contribution in [0, 0.1) is 0 Å². The number of carbonyl (C=O) groups is 1. The van der Waals surface area contributed by atoms with Gasteiger partial charge in [0.1, 0.15) is 19.0 Å². The lowest BCUT2D eigenvalue weighted by Gasteiger charge is -2.10. The van der Waals surface area contributed by atoms with Crippen molar-refractivity contribution in [2.75, 3.05) is 27.4 Å². The zero-order valence-electron chi connectivity index (χ0n) is 14.3. The molecule has 26 heavy (non-hydrogen) atoms. The lowest BCUT2D eigenvalue weighted by atomic mass is 10.2. The summed E-state index contributed by atoms with van der Waals surface area (Å²) in [4.78, 5) is 12.0. The van der Waals surface area contributed by atoms with Gasteiger partial charge in [0, 0.05) is 0 Å². The number of methoxy groups -OCH3 is 2. The molecule has 0 amide bonds. The van der Waals surface area contributed by atoms with Crippen LogP contribution in [0.25, 0.3) is 0 Å². The predicted molar refractivity (Wildman–Crippen MR) is 93.1 cm³/mol. The fourth-order valence-corrected chi connectivity index (χ4v) is 2.58. The molecule has 0 fully saturated rings. The molecule has 0 unspecified atom stereocenters. The highest BCUT2D eigenvalue weighted by molar-refractivity contribution is 7.89. The molecule has 9 heteroatoms. The minimum atomic E-state index is -3.74. The van der Waals surface area contributed by atoms with E-state index in [4.69, 9.17) is 24.1 Å². The topological polar surface area (TPSA) is 114 Å². The molecule has 2 N–H and O–H groups in total. The van der Waals surface area contributed by atoms with Gasteiger partial charge in [-0.05, 0) is 42.5 Å². The summed E-state index contributed by atoms with van der Waals surface area (Å²) in [6.07, 6.45) is 0. The van der Waals surface area contributed by atoms with Crippen LogP contribution in [0.15, 0.2) is 47.4 Å². The minimum Gasteiger partial charge on any atom is -0.493 e. The average Bonchev–Trinajstić information content (AvgIpc) is 2.64. The molecule has 0 aliphatic rings. The smallest absolute Gasteiger partial charge is 0.338 e. The molecule has 2 aromatic carbocycles. The molecule has 0 radical (unpaired) electrons. The van der Waals surface area contributed by atoms with Gasteiger partial charge < -0.3 is 18.9 Å². The van der Waals surface area contributed by atoms with Gasteiger partial charge in [-0.2, -0.15) is 0 Å². The van der Waals surface area contributed by atoms with Crippen molar-refractivity contribution in [3.05, 3.63) is 48.0 Å². The van der Waals surface area contributed by atoms with Gasteiger partial charge in [-0.1, -0.05) is 0 Å². The number of primary sulfonamides is 1. The Morgan fingerprint density at radius 3 is 2.19 bits per heavy atom. The SMILES string of the molecule is COc1ccc(C(=O)OCCOc2ccc(S(N)(=O)=O)cc2)cc1OC. The number of hydrogen-bond acceptors (Lipinski definition) is 7. The van der Waals surface area contributed by atoms with Crippen LogP contribution in [0.2, 0.25) is 0 Å². The van der Waals surface area contributed by atoms with Crippen LogP contribution in [0.4, 0.5) is 0 Å². The molecule has 0 bridgehead atoms. The van der Waals surface area contributed by atoms with Crippen LogP contribution >= 0.6 is 0 Å². The third-order valence-electron chi connectivity index (χ3n) is 3.36. The number of benzene rings is 2. The van der Waals surface area contributed by atoms with Crippen LogP contribution in [0.5, 0.6) is 17.2 Å². The van der Waals surface area contributed by atoms with Crippen molar-refractivity contribution in [3.8, 4) is 17.2 Å². The Labute approximate surface area is 151 Å². The summed E-state index contributed by atoms with van der Waals surface area (Å²) in [5.41, 5.74) is 0.320. The fraction of sp³-hybridized carbons (Fsp3) is 0.235. The summed E-state index contributed by atoms with van der Waals surface area (Å²) in [7, 11) is -0.765. The maximum atomic E-state index is 12.0. The van der Waals surface area contributed by atoms with Crippen LogP contribution < -0.4 is 19.3 Å². The van der Waals surface area contributed by atoms with Crippen LogP contribution in [-0.4, -0.2) is 41.8 Å². The van der Waals surface area contributed by atoms with Gasteiger partial charge in [0.15, 0.2) is 11.5 Å². The number of nitrogens with two attached hydrogens (primary N) is 1. The molecular weight excluding hydrogens is 362 g/mol. The summed E-state index contributed by atoms with van der Waals surface area (Å²) in [6.45, 7) is 0.123. The summed E-state index contributed by atoms with van der Waals surface area (Å²) in [5, 5.41) is 5.01. The Bertz CT molecular complexity index is 863. The van der Waals surface area contributed by atoms with Crippen LogP contribution in [0.3, 0.4) is 0 Å². The summed E-state index contributed by atoms with van der Waals surface area (Å²) < 4.78 is 43.1. The van der Waals surface area contributed by atoms with E-state index in [0.29, 0.717) is 22.8 Å². The molecule has 0 heterocycles. The second-order valence-electron chi connectivity index (χ2n) is 5.07. The molecular formula is C17H19NO7S. The molecule has 0 aromatic heterocycles. The highest BCUT2D eigenvalue weighted by Gasteiger charge is 2.12. The number of hydrogen-bond donors (Lipinski definition) is 1. The quantitative estimate of drug-likeness (QED) is 0.545. The normalized spacial score (nSPS) is 10.9. The molecule has 0 saturated heterocycles. The zero-order chi connectivity index (χ0) is 19.2. The molecule has 2 rings (SSSR count). The van der Waals surface area contributed by atoms with E-state index >= 15 is 0 Å². The Balaban J connectivity index is 1.85. The molecule has 8 nitrogen and oxygen atoms in total. The van der Waals surface area contributed by atoms with Gasteiger partial charge in [-0.15, -0.1) is 0 Å². The van der Waals surface area contributed by atoms with Gasteiger partial charge in [0.2, 0.25) is 10.0 Å². The first-order chi connectivity index (χ1) is 12.3. The second kappa shape index (κ2) is 8.54. The van der Waals surface area contributed by atoms with Crippen molar-refractivity contribution in [2.45, 2.75) is 4.90 Å². The van der Waals surface area contributed by atoms with Crippen molar-refractivity contribution < 1.29 is 32.2 Å². The summed E-state index contributed by atoms with van der Waals surface area (Å²) >= 11 is 0. The predicted octanol–water partition coefficient (Wildman–Crippen LogP) is 1.59. The minimum absolute atomic E-state index is 0.00951. The third-order valence-corrected chi connectivity index (χ3v) is 4.29. The highest BCUT2D eigenvalue weighted by Crippen LogP contribution is 2.27. The third kappa shape index (κ3) is 5.11. The largest absolute Gasteiger partial charge is 0.493 e. The van der Waals surface area contributed by atoms with E-state index in [9.17, 15) is 13.2 Å². The highest BCUT2D eigenvalue weighted by atomic mass is 32.2. The van der Waals surface area contributed by atoms with Crippen molar-refractivity contribution in [2.24, 2.45) is 5.14 Å². The maximum absolute atomic E-state index is 12.0. The summed E-state index contributed by atoms with van der Waals surface area (Å²) in [6, 6.07) is 10.3. The number of ether oxygens (including phenoxy) is 4. The Morgan fingerprint density at radius 1 is 0.962 bits per heavy atom. The van der Waals surface area contributed by atoms with E-state index < -0.39 is 16.0 Å². The lowest BCUT2D eigenvalue weighted by Crippen LogP contribution is -2.13. The van der Waals surface area contributed by atoms with E-state index in [1.165, 1.54) is 44.6 Å². The molecule has 0 aliphatic heterocycles.